The van der Waals surface area contributed by atoms with Gasteiger partial charge in [-0.2, -0.15) is 5.26 Å². The third kappa shape index (κ3) is 5.24. The minimum Gasteiger partial charge on any atom is -0.378 e. The Kier molecular flexibility index (Phi) is 6.91. The van der Waals surface area contributed by atoms with E-state index in [2.05, 4.69) is 37.0 Å². The van der Waals surface area contributed by atoms with E-state index in [1.165, 1.54) is 16.0 Å². The molecule has 0 aliphatic carbocycles. The van der Waals surface area contributed by atoms with Crippen molar-refractivity contribution in [1.82, 2.24) is 4.90 Å². The highest BCUT2D eigenvalue weighted by molar-refractivity contribution is 8.03. The molecule has 0 bridgehead atoms. The topological polar surface area (TPSA) is 36.3 Å². The van der Waals surface area contributed by atoms with Crippen LogP contribution in [-0.4, -0.2) is 37.0 Å². The molecule has 0 spiro atoms. The number of rotatable bonds is 4. The van der Waals surface area contributed by atoms with Crippen LogP contribution in [0.3, 0.4) is 0 Å². The molecular formula is C19H24N2OS. The van der Waals surface area contributed by atoms with E-state index in [1.807, 2.05) is 36.0 Å². The summed E-state index contributed by atoms with van der Waals surface area (Å²) in [5.41, 5.74) is 3.31. The van der Waals surface area contributed by atoms with Crippen molar-refractivity contribution < 1.29 is 4.74 Å². The van der Waals surface area contributed by atoms with Crippen molar-refractivity contribution in [2.24, 2.45) is 0 Å². The lowest BCUT2D eigenvalue weighted by atomic mass is 10.1. The van der Waals surface area contributed by atoms with E-state index in [1.54, 1.807) is 7.11 Å². The van der Waals surface area contributed by atoms with Gasteiger partial charge < -0.3 is 4.74 Å². The molecule has 3 nitrogen and oxygen atoms in total. The van der Waals surface area contributed by atoms with Gasteiger partial charge in [-0.1, -0.05) is 24.3 Å². The first-order chi connectivity index (χ1) is 11.2. The molecule has 1 fully saturated rings. The van der Waals surface area contributed by atoms with Crippen LogP contribution < -0.4 is 0 Å². The number of methoxy groups -OCH3 is 1. The second-order valence-electron chi connectivity index (χ2n) is 5.65. The molecule has 2 rings (SSSR count). The Morgan fingerprint density at radius 2 is 2.13 bits per heavy atom. The van der Waals surface area contributed by atoms with Crippen molar-refractivity contribution in [3.8, 4) is 6.07 Å². The number of hydrogen-bond acceptors (Lipinski definition) is 4. The van der Waals surface area contributed by atoms with Gasteiger partial charge in [-0.05, 0) is 37.1 Å². The lowest BCUT2D eigenvalue weighted by Crippen LogP contribution is -2.26. The van der Waals surface area contributed by atoms with Gasteiger partial charge in [0.2, 0.25) is 0 Å². The lowest BCUT2D eigenvalue weighted by molar-refractivity contribution is 0.155. The predicted molar refractivity (Wildman–Crippen MR) is 97.2 cm³/mol. The molecule has 1 aromatic rings. The molecule has 1 unspecified atom stereocenters. The molecule has 122 valence electrons. The Morgan fingerprint density at radius 3 is 2.74 bits per heavy atom. The number of nitrogens with zero attached hydrogens (tertiary/aromatic N) is 2. The van der Waals surface area contributed by atoms with Gasteiger partial charge in [0.15, 0.2) is 0 Å². The van der Waals surface area contributed by atoms with E-state index in [9.17, 15) is 0 Å². The first-order valence-electron chi connectivity index (χ1n) is 7.90. The smallest absolute Gasteiger partial charge is 0.0991 e. The molecule has 4 heteroatoms. The zero-order chi connectivity index (χ0) is 16.7. The molecule has 0 aromatic heterocycles. The average Bonchev–Trinajstić information content (AvgIpc) is 2.77. The van der Waals surface area contributed by atoms with Gasteiger partial charge in [0.1, 0.15) is 0 Å². The Balaban J connectivity index is 2.13. The zero-order valence-corrected chi connectivity index (χ0v) is 14.9. The summed E-state index contributed by atoms with van der Waals surface area (Å²) in [6.45, 7) is 7.06. The van der Waals surface area contributed by atoms with E-state index < -0.39 is 0 Å². The van der Waals surface area contributed by atoms with Crippen molar-refractivity contribution >= 4 is 11.8 Å². The maximum atomic E-state index is 8.90. The van der Waals surface area contributed by atoms with Gasteiger partial charge in [-0.3, -0.25) is 4.90 Å². The minimum absolute atomic E-state index is 0.121. The van der Waals surface area contributed by atoms with E-state index in [-0.39, 0.29) is 6.10 Å². The lowest BCUT2D eigenvalue weighted by Gasteiger charge is -2.21. The summed E-state index contributed by atoms with van der Waals surface area (Å²) in [4.78, 5) is 3.82. The summed E-state index contributed by atoms with van der Waals surface area (Å²) in [6, 6.07) is 10.1. The molecule has 1 heterocycles. The number of nitriles is 1. The van der Waals surface area contributed by atoms with Crippen LogP contribution in [0.4, 0.5) is 0 Å². The van der Waals surface area contributed by atoms with Crippen molar-refractivity contribution in [2.75, 3.05) is 26.0 Å². The standard InChI is InChI=1S/C19H24N2OS/c1-4-19-18(11-15(2)22-3)14-21(9-10-23-19)13-17-7-5-16(12-20)6-8-17/h4-8,11,15H,9-10,13-14H2,1-3H3/b18-11-,19-4+. The molecule has 1 saturated heterocycles. The van der Waals surface area contributed by atoms with Crippen molar-refractivity contribution in [1.29, 1.82) is 5.26 Å². The Hall–Kier alpha value is -1.54. The molecule has 0 amide bonds. The van der Waals surface area contributed by atoms with Crippen LogP contribution in [-0.2, 0) is 11.3 Å². The molecule has 1 aromatic carbocycles. The second kappa shape index (κ2) is 8.93. The summed E-state index contributed by atoms with van der Waals surface area (Å²) in [6.07, 6.45) is 4.54. The molecule has 1 aliphatic rings. The first-order valence-corrected chi connectivity index (χ1v) is 8.89. The van der Waals surface area contributed by atoms with Crippen molar-refractivity contribution in [3.63, 3.8) is 0 Å². The van der Waals surface area contributed by atoms with Crippen LogP contribution in [0.5, 0.6) is 0 Å². The van der Waals surface area contributed by atoms with Gasteiger partial charge in [0, 0.05) is 37.4 Å². The molecule has 0 saturated carbocycles. The molecule has 0 N–H and O–H groups in total. The Bertz CT molecular complexity index is 613. The predicted octanol–water partition coefficient (Wildman–Crippen LogP) is 3.97. The molecular weight excluding hydrogens is 304 g/mol. The quantitative estimate of drug-likeness (QED) is 0.838. The zero-order valence-electron chi connectivity index (χ0n) is 14.1. The van der Waals surface area contributed by atoms with Crippen LogP contribution in [0.1, 0.15) is 25.0 Å². The highest BCUT2D eigenvalue weighted by Gasteiger charge is 2.17. The maximum Gasteiger partial charge on any atom is 0.0991 e. The third-order valence-corrected chi connectivity index (χ3v) is 5.13. The van der Waals surface area contributed by atoms with E-state index in [0.29, 0.717) is 5.56 Å². The van der Waals surface area contributed by atoms with Crippen LogP contribution in [0.15, 0.2) is 46.9 Å². The van der Waals surface area contributed by atoms with Gasteiger partial charge in [0.05, 0.1) is 17.7 Å². The third-order valence-electron chi connectivity index (χ3n) is 3.93. The van der Waals surface area contributed by atoms with E-state index >= 15 is 0 Å². The number of benzene rings is 1. The maximum absolute atomic E-state index is 8.90. The fourth-order valence-electron chi connectivity index (χ4n) is 2.61. The molecule has 1 aliphatic heterocycles. The van der Waals surface area contributed by atoms with Crippen LogP contribution in [0, 0.1) is 11.3 Å². The summed E-state index contributed by atoms with van der Waals surface area (Å²) in [5.74, 6) is 1.09. The second-order valence-corrected chi connectivity index (χ2v) is 6.79. The van der Waals surface area contributed by atoms with Gasteiger partial charge in [-0.15, -0.1) is 11.8 Å². The normalized spacial score (nSPS) is 21.1. The van der Waals surface area contributed by atoms with Gasteiger partial charge in [-0.25, -0.2) is 0 Å². The number of hydrogen-bond donors (Lipinski definition) is 0. The van der Waals surface area contributed by atoms with Crippen LogP contribution >= 0.6 is 11.8 Å². The summed E-state index contributed by atoms with van der Waals surface area (Å²) < 4.78 is 5.40. The fourth-order valence-corrected chi connectivity index (χ4v) is 3.66. The highest BCUT2D eigenvalue weighted by atomic mass is 32.2. The highest BCUT2D eigenvalue weighted by Crippen LogP contribution is 2.29. The largest absolute Gasteiger partial charge is 0.378 e. The number of allylic oxidation sites excluding steroid dienone is 1. The van der Waals surface area contributed by atoms with Gasteiger partial charge in [0.25, 0.3) is 0 Å². The van der Waals surface area contributed by atoms with E-state index in [4.69, 9.17) is 10.00 Å². The van der Waals surface area contributed by atoms with Crippen molar-refractivity contribution in [2.45, 2.75) is 26.5 Å². The Labute approximate surface area is 143 Å². The summed E-state index contributed by atoms with van der Waals surface area (Å²) in [5, 5.41) is 8.90. The number of ether oxygens (including phenoxy) is 1. The monoisotopic (exact) mass is 328 g/mol. The Morgan fingerprint density at radius 1 is 1.39 bits per heavy atom. The van der Waals surface area contributed by atoms with Crippen LogP contribution in [0.2, 0.25) is 0 Å². The minimum atomic E-state index is 0.121. The first kappa shape index (κ1) is 17.8. The molecule has 1 atom stereocenters. The van der Waals surface area contributed by atoms with E-state index in [0.717, 1.165) is 25.4 Å². The fraction of sp³-hybridized carbons (Fsp3) is 0.421. The van der Waals surface area contributed by atoms with Crippen LogP contribution in [0.25, 0.3) is 0 Å². The average molecular weight is 328 g/mol. The summed E-state index contributed by atoms with van der Waals surface area (Å²) in [7, 11) is 1.75. The SMILES string of the molecule is C/C=C1/SCCN(Cc2ccc(C#N)cc2)C/C1=C/C(C)OC. The molecule has 0 radical (unpaired) electrons. The summed E-state index contributed by atoms with van der Waals surface area (Å²) >= 11 is 1.92. The van der Waals surface area contributed by atoms with Gasteiger partial charge >= 0.3 is 0 Å². The molecule has 23 heavy (non-hydrogen) atoms. The van der Waals surface area contributed by atoms with Crippen molar-refractivity contribution in [3.05, 3.63) is 58.0 Å². The number of thioether (sulfide) groups is 1.